The number of aliphatic carboxylic acids is 1. The molecule has 10 N–H and O–H groups in total. The standard InChI is InChI=1S/C24H36N6O7/c1-13(2)10-15(25)21(33)29-17(11-14-6-4-3-5-7-14)22(34)30-18(12-20(27)32)23(35)28-16(24(36)37)8-9-19(26)31/h3-7,13,15-18H,8-12,25H2,1-2H3,(H2,26,31)(H2,27,32)(H,28,35)(H,29,33)(H,30,34)(H,36,37)/t15-,16-,17-,18-/m0/s1. The quantitative estimate of drug-likeness (QED) is 0.132. The van der Waals surface area contributed by atoms with E-state index in [0.717, 1.165) is 0 Å². The van der Waals surface area contributed by atoms with Crippen molar-refractivity contribution in [3.05, 3.63) is 35.9 Å². The summed E-state index contributed by atoms with van der Waals surface area (Å²) in [6, 6.07) is 3.67. The third-order valence-electron chi connectivity index (χ3n) is 5.31. The van der Waals surface area contributed by atoms with Gasteiger partial charge in [0.15, 0.2) is 0 Å². The number of carboxylic acid groups (broad SMARTS) is 1. The lowest BCUT2D eigenvalue weighted by Gasteiger charge is -2.25. The van der Waals surface area contributed by atoms with E-state index >= 15 is 0 Å². The third kappa shape index (κ3) is 12.0. The van der Waals surface area contributed by atoms with Gasteiger partial charge in [0, 0.05) is 12.8 Å². The predicted molar refractivity (Wildman–Crippen MR) is 133 cm³/mol. The number of primary amides is 2. The van der Waals surface area contributed by atoms with Crippen LogP contribution in [-0.2, 0) is 35.2 Å². The summed E-state index contributed by atoms with van der Waals surface area (Å²) < 4.78 is 0. The van der Waals surface area contributed by atoms with Crippen LogP contribution in [0.1, 0.15) is 45.1 Å². The van der Waals surface area contributed by atoms with Crippen LogP contribution in [-0.4, -0.2) is 64.8 Å². The van der Waals surface area contributed by atoms with Crippen LogP contribution in [0.25, 0.3) is 0 Å². The van der Waals surface area contributed by atoms with Gasteiger partial charge in [0.05, 0.1) is 12.5 Å². The molecule has 0 aliphatic rings. The number of rotatable bonds is 16. The summed E-state index contributed by atoms with van der Waals surface area (Å²) in [7, 11) is 0. The topological polar surface area (TPSA) is 237 Å². The Balaban J connectivity index is 3.10. The summed E-state index contributed by atoms with van der Waals surface area (Å²) in [6.07, 6.45) is -0.827. The molecule has 0 radical (unpaired) electrons. The number of carboxylic acids is 1. The molecule has 0 unspecified atom stereocenters. The first-order valence-electron chi connectivity index (χ1n) is 11.8. The zero-order chi connectivity index (χ0) is 28.1. The maximum atomic E-state index is 13.2. The summed E-state index contributed by atoms with van der Waals surface area (Å²) in [5.41, 5.74) is 16.9. The van der Waals surface area contributed by atoms with E-state index < -0.39 is 66.1 Å². The molecule has 13 nitrogen and oxygen atoms in total. The van der Waals surface area contributed by atoms with E-state index in [-0.39, 0.29) is 25.2 Å². The minimum absolute atomic E-state index is 0.0497. The molecule has 0 spiro atoms. The molecular weight excluding hydrogens is 484 g/mol. The van der Waals surface area contributed by atoms with Crippen molar-refractivity contribution in [2.75, 3.05) is 0 Å². The third-order valence-corrected chi connectivity index (χ3v) is 5.31. The van der Waals surface area contributed by atoms with E-state index in [1.807, 2.05) is 13.8 Å². The Kier molecular flexibility index (Phi) is 12.7. The van der Waals surface area contributed by atoms with Crippen LogP contribution in [0.15, 0.2) is 30.3 Å². The van der Waals surface area contributed by atoms with Crippen LogP contribution < -0.4 is 33.2 Å². The normalized spacial score (nSPS) is 14.1. The van der Waals surface area contributed by atoms with E-state index in [1.54, 1.807) is 30.3 Å². The van der Waals surface area contributed by atoms with Crippen molar-refractivity contribution >= 4 is 35.5 Å². The van der Waals surface area contributed by atoms with Crippen molar-refractivity contribution < 1.29 is 33.9 Å². The largest absolute Gasteiger partial charge is 0.480 e. The van der Waals surface area contributed by atoms with Crippen molar-refractivity contribution in [2.24, 2.45) is 23.1 Å². The van der Waals surface area contributed by atoms with Gasteiger partial charge < -0.3 is 38.3 Å². The minimum atomic E-state index is -1.54. The number of hydrogen-bond acceptors (Lipinski definition) is 7. The van der Waals surface area contributed by atoms with Gasteiger partial charge in [-0.15, -0.1) is 0 Å². The minimum Gasteiger partial charge on any atom is -0.480 e. The molecule has 0 aliphatic heterocycles. The van der Waals surface area contributed by atoms with Crippen LogP contribution in [0, 0.1) is 5.92 Å². The van der Waals surface area contributed by atoms with Gasteiger partial charge in [-0.2, -0.15) is 0 Å². The van der Waals surface area contributed by atoms with Gasteiger partial charge in [-0.3, -0.25) is 24.0 Å². The predicted octanol–water partition coefficient (Wildman–Crippen LogP) is -1.72. The molecule has 5 amide bonds. The fourth-order valence-electron chi connectivity index (χ4n) is 3.45. The van der Waals surface area contributed by atoms with Crippen molar-refractivity contribution in [2.45, 2.75) is 70.1 Å². The molecule has 1 rings (SSSR count). The highest BCUT2D eigenvalue weighted by atomic mass is 16.4. The lowest BCUT2D eigenvalue weighted by molar-refractivity contribution is -0.142. The second-order valence-corrected chi connectivity index (χ2v) is 9.12. The van der Waals surface area contributed by atoms with Crippen molar-refractivity contribution in [3.63, 3.8) is 0 Å². The Morgan fingerprint density at radius 2 is 1.35 bits per heavy atom. The second-order valence-electron chi connectivity index (χ2n) is 9.12. The van der Waals surface area contributed by atoms with Crippen LogP contribution in [0.3, 0.4) is 0 Å². The van der Waals surface area contributed by atoms with Gasteiger partial charge in [0.2, 0.25) is 29.5 Å². The van der Waals surface area contributed by atoms with Crippen LogP contribution in [0.2, 0.25) is 0 Å². The molecule has 13 heteroatoms. The molecule has 0 bridgehead atoms. The summed E-state index contributed by atoms with van der Waals surface area (Å²) in [5.74, 6) is -5.40. The number of carbonyl (C=O) groups excluding carboxylic acids is 5. The monoisotopic (exact) mass is 520 g/mol. The molecule has 204 valence electrons. The zero-order valence-corrected chi connectivity index (χ0v) is 20.9. The van der Waals surface area contributed by atoms with Gasteiger partial charge >= 0.3 is 5.97 Å². The number of nitrogens with two attached hydrogens (primary N) is 3. The fraction of sp³-hybridized carbons (Fsp3) is 0.500. The van der Waals surface area contributed by atoms with E-state index in [1.165, 1.54) is 0 Å². The Hall–Kier alpha value is -4.00. The van der Waals surface area contributed by atoms with Gasteiger partial charge in [-0.05, 0) is 24.3 Å². The molecule has 0 heterocycles. The fourth-order valence-corrected chi connectivity index (χ4v) is 3.45. The molecule has 0 fully saturated rings. The molecular formula is C24H36N6O7. The van der Waals surface area contributed by atoms with E-state index in [0.29, 0.717) is 12.0 Å². The molecule has 0 aliphatic carbocycles. The van der Waals surface area contributed by atoms with E-state index in [2.05, 4.69) is 16.0 Å². The maximum Gasteiger partial charge on any atom is 0.326 e. The van der Waals surface area contributed by atoms with Crippen LogP contribution >= 0.6 is 0 Å². The molecule has 0 saturated heterocycles. The van der Waals surface area contributed by atoms with Crippen molar-refractivity contribution in [1.29, 1.82) is 0 Å². The molecule has 4 atom stereocenters. The van der Waals surface area contributed by atoms with Gasteiger partial charge in [-0.25, -0.2) is 4.79 Å². The van der Waals surface area contributed by atoms with Crippen LogP contribution in [0.4, 0.5) is 0 Å². The zero-order valence-electron chi connectivity index (χ0n) is 20.9. The summed E-state index contributed by atoms with van der Waals surface area (Å²) in [6.45, 7) is 3.78. The first kappa shape index (κ1) is 31.0. The summed E-state index contributed by atoms with van der Waals surface area (Å²) in [4.78, 5) is 72.7. The molecule has 37 heavy (non-hydrogen) atoms. The number of nitrogens with one attached hydrogen (secondary N) is 3. The Morgan fingerprint density at radius 3 is 1.86 bits per heavy atom. The van der Waals surface area contributed by atoms with Crippen molar-refractivity contribution in [1.82, 2.24) is 16.0 Å². The first-order chi connectivity index (χ1) is 17.3. The molecule has 0 saturated carbocycles. The number of carbonyl (C=O) groups is 6. The summed E-state index contributed by atoms with van der Waals surface area (Å²) >= 11 is 0. The van der Waals surface area contributed by atoms with Gasteiger partial charge in [0.25, 0.3) is 0 Å². The SMILES string of the molecule is CC(C)C[C@H](N)C(=O)N[C@@H](Cc1ccccc1)C(=O)N[C@@H](CC(N)=O)C(=O)N[C@@H](CCC(N)=O)C(=O)O. The van der Waals surface area contributed by atoms with Crippen LogP contribution in [0.5, 0.6) is 0 Å². The van der Waals surface area contributed by atoms with E-state index in [9.17, 15) is 33.9 Å². The average molecular weight is 521 g/mol. The summed E-state index contributed by atoms with van der Waals surface area (Å²) in [5, 5.41) is 16.5. The average Bonchev–Trinajstić information content (AvgIpc) is 2.80. The maximum absolute atomic E-state index is 13.2. The lowest BCUT2D eigenvalue weighted by Crippen LogP contribution is -2.58. The molecule has 1 aromatic rings. The highest BCUT2D eigenvalue weighted by Gasteiger charge is 2.31. The van der Waals surface area contributed by atoms with Crippen molar-refractivity contribution in [3.8, 4) is 0 Å². The first-order valence-corrected chi connectivity index (χ1v) is 11.8. The number of amides is 5. The highest BCUT2D eigenvalue weighted by Crippen LogP contribution is 2.08. The smallest absolute Gasteiger partial charge is 0.326 e. The highest BCUT2D eigenvalue weighted by molar-refractivity contribution is 5.96. The van der Waals surface area contributed by atoms with Gasteiger partial charge in [0.1, 0.15) is 18.1 Å². The Labute approximate surface area is 214 Å². The number of hydrogen-bond donors (Lipinski definition) is 7. The van der Waals surface area contributed by atoms with E-state index in [4.69, 9.17) is 17.2 Å². The molecule has 0 aromatic heterocycles. The number of benzene rings is 1. The lowest BCUT2D eigenvalue weighted by atomic mass is 10.0. The molecule has 1 aromatic carbocycles. The second kappa shape index (κ2) is 15.2. The van der Waals surface area contributed by atoms with Gasteiger partial charge in [-0.1, -0.05) is 44.2 Å². The Morgan fingerprint density at radius 1 is 0.811 bits per heavy atom. The Bertz CT molecular complexity index is 970.